The summed E-state index contributed by atoms with van der Waals surface area (Å²) in [6, 6.07) is 5.01. The predicted octanol–water partition coefficient (Wildman–Crippen LogP) is 1.26. The number of carbonyl (C=O) groups is 1. The van der Waals surface area contributed by atoms with Crippen molar-refractivity contribution in [1.82, 2.24) is 4.72 Å². The number of carboxylic acid groups (broad SMARTS) is 1. The summed E-state index contributed by atoms with van der Waals surface area (Å²) >= 11 is 0. The van der Waals surface area contributed by atoms with Crippen LogP contribution in [0.2, 0.25) is 0 Å². The van der Waals surface area contributed by atoms with Gasteiger partial charge in [-0.2, -0.15) is 0 Å². The van der Waals surface area contributed by atoms with Crippen LogP contribution in [0.25, 0.3) is 0 Å². The van der Waals surface area contributed by atoms with Crippen LogP contribution in [0.4, 0.5) is 5.69 Å². The smallest absolute Gasteiger partial charge is 0.325 e. The van der Waals surface area contributed by atoms with Gasteiger partial charge in [0.2, 0.25) is 10.0 Å². The van der Waals surface area contributed by atoms with E-state index in [1.165, 1.54) is 31.2 Å². The van der Waals surface area contributed by atoms with Gasteiger partial charge in [-0.1, -0.05) is 0 Å². The molecule has 0 amide bonds. The molecule has 0 radical (unpaired) electrons. The van der Waals surface area contributed by atoms with Crippen molar-refractivity contribution in [2.45, 2.75) is 37.8 Å². The highest BCUT2D eigenvalue weighted by Gasteiger charge is 2.15. The molecule has 0 bridgehead atoms. The van der Waals surface area contributed by atoms with Gasteiger partial charge in [0.05, 0.1) is 4.90 Å². The molecule has 1 unspecified atom stereocenters. The number of aliphatic carboxylic acids is 1. The van der Waals surface area contributed by atoms with Crippen LogP contribution in [0.1, 0.15) is 20.8 Å². The zero-order valence-electron chi connectivity index (χ0n) is 11.0. The Kier molecular flexibility index (Phi) is 4.90. The topological polar surface area (TPSA) is 95.5 Å². The molecular weight excluding hydrogens is 268 g/mol. The first kappa shape index (κ1) is 15.5. The van der Waals surface area contributed by atoms with E-state index in [9.17, 15) is 13.2 Å². The van der Waals surface area contributed by atoms with Gasteiger partial charge in [-0.3, -0.25) is 4.79 Å². The second-order valence-corrected chi connectivity index (χ2v) is 6.22. The monoisotopic (exact) mass is 286 g/mol. The van der Waals surface area contributed by atoms with Crippen LogP contribution in [-0.2, 0) is 14.8 Å². The van der Waals surface area contributed by atoms with Gasteiger partial charge in [-0.05, 0) is 45.0 Å². The van der Waals surface area contributed by atoms with Crippen molar-refractivity contribution in [2.75, 3.05) is 5.32 Å². The third-order valence-electron chi connectivity index (χ3n) is 2.31. The maximum Gasteiger partial charge on any atom is 0.325 e. The Balaban J connectivity index is 2.85. The van der Waals surface area contributed by atoms with Gasteiger partial charge in [-0.15, -0.1) is 0 Å². The quantitative estimate of drug-likeness (QED) is 0.731. The molecule has 1 atom stereocenters. The van der Waals surface area contributed by atoms with Crippen molar-refractivity contribution in [3.05, 3.63) is 24.3 Å². The van der Waals surface area contributed by atoms with Crippen molar-refractivity contribution < 1.29 is 18.3 Å². The van der Waals surface area contributed by atoms with Gasteiger partial charge in [0.1, 0.15) is 6.04 Å². The zero-order chi connectivity index (χ0) is 14.6. The van der Waals surface area contributed by atoms with E-state index in [0.29, 0.717) is 5.69 Å². The highest BCUT2D eigenvalue weighted by atomic mass is 32.2. The third kappa shape index (κ3) is 4.53. The normalized spacial score (nSPS) is 13.3. The number of anilines is 1. The molecule has 6 nitrogen and oxygen atoms in total. The molecule has 1 aromatic rings. The molecule has 0 spiro atoms. The first-order chi connectivity index (χ1) is 8.72. The van der Waals surface area contributed by atoms with Crippen molar-refractivity contribution in [3.63, 3.8) is 0 Å². The molecule has 0 aliphatic rings. The van der Waals surface area contributed by atoms with Crippen LogP contribution in [0.5, 0.6) is 0 Å². The van der Waals surface area contributed by atoms with Gasteiger partial charge in [-0.25, -0.2) is 13.1 Å². The molecule has 0 saturated heterocycles. The number of nitrogens with one attached hydrogen (secondary N) is 2. The third-order valence-corrected chi connectivity index (χ3v) is 3.98. The number of hydrogen-bond acceptors (Lipinski definition) is 4. The van der Waals surface area contributed by atoms with Crippen LogP contribution in [0, 0.1) is 0 Å². The summed E-state index contributed by atoms with van der Waals surface area (Å²) in [6.07, 6.45) is 0. The molecule has 19 heavy (non-hydrogen) atoms. The highest BCUT2D eigenvalue weighted by molar-refractivity contribution is 7.89. The lowest BCUT2D eigenvalue weighted by molar-refractivity contribution is -0.137. The average Bonchev–Trinajstić information content (AvgIpc) is 2.27. The summed E-state index contributed by atoms with van der Waals surface area (Å²) in [4.78, 5) is 10.8. The lowest BCUT2D eigenvalue weighted by atomic mass is 10.2. The summed E-state index contributed by atoms with van der Waals surface area (Å²) < 4.78 is 26.2. The lowest BCUT2D eigenvalue weighted by Crippen LogP contribution is -2.30. The summed E-state index contributed by atoms with van der Waals surface area (Å²) in [7, 11) is -3.52. The number of hydrogen-bond donors (Lipinski definition) is 3. The molecule has 106 valence electrons. The van der Waals surface area contributed by atoms with Gasteiger partial charge in [0, 0.05) is 11.7 Å². The van der Waals surface area contributed by atoms with Crippen molar-refractivity contribution in [2.24, 2.45) is 0 Å². The standard InChI is InChI=1S/C12H18N2O4S/c1-8(2)14-19(17,18)11-6-4-10(5-7-11)13-9(3)12(15)16/h4-9,13-14H,1-3H3,(H,15,16). The van der Waals surface area contributed by atoms with E-state index in [2.05, 4.69) is 10.0 Å². The Morgan fingerprint density at radius 1 is 1.16 bits per heavy atom. The van der Waals surface area contributed by atoms with Crippen LogP contribution >= 0.6 is 0 Å². The number of rotatable bonds is 6. The first-order valence-corrected chi connectivity index (χ1v) is 7.32. The van der Waals surface area contributed by atoms with E-state index in [0.717, 1.165) is 0 Å². The SMILES string of the molecule is CC(C)NS(=O)(=O)c1ccc(NC(C)C(=O)O)cc1. The minimum atomic E-state index is -3.52. The molecule has 0 aliphatic carbocycles. The maximum atomic E-state index is 11.9. The molecule has 7 heteroatoms. The Hall–Kier alpha value is -1.60. The van der Waals surface area contributed by atoms with Crippen LogP contribution in [-0.4, -0.2) is 31.6 Å². The second-order valence-electron chi connectivity index (χ2n) is 4.50. The van der Waals surface area contributed by atoms with Crippen molar-refractivity contribution in [3.8, 4) is 0 Å². The molecule has 0 saturated carbocycles. The van der Waals surface area contributed by atoms with Crippen molar-refractivity contribution >= 4 is 21.7 Å². The lowest BCUT2D eigenvalue weighted by Gasteiger charge is -2.12. The summed E-state index contributed by atoms with van der Waals surface area (Å²) in [6.45, 7) is 4.98. The fourth-order valence-corrected chi connectivity index (χ4v) is 2.67. The van der Waals surface area contributed by atoms with Gasteiger partial charge >= 0.3 is 5.97 Å². The van der Waals surface area contributed by atoms with Crippen LogP contribution < -0.4 is 10.0 Å². The largest absolute Gasteiger partial charge is 0.480 e. The van der Waals surface area contributed by atoms with E-state index >= 15 is 0 Å². The summed E-state index contributed by atoms with van der Waals surface area (Å²) in [5, 5.41) is 11.5. The Morgan fingerprint density at radius 3 is 2.11 bits per heavy atom. The molecule has 0 aliphatic heterocycles. The van der Waals surface area contributed by atoms with E-state index in [1.807, 2.05) is 0 Å². The van der Waals surface area contributed by atoms with Crippen LogP contribution in [0.15, 0.2) is 29.2 Å². The summed E-state index contributed by atoms with van der Waals surface area (Å²) in [5.74, 6) is -0.974. The highest BCUT2D eigenvalue weighted by Crippen LogP contribution is 2.15. The first-order valence-electron chi connectivity index (χ1n) is 5.84. The summed E-state index contributed by atoms with van der Waals surface area (Å²) in [5.41, 5.74) is 0.554. The van der Waals surface area contributed by atoms with E-state index in [1.54, 1.807) is 13.8 Å². The molecule has 1 rings (SSSR count). The predicted molar refractivity (Wildman–Crippen MR) is 72.6 cm³/mol. The number of sulfonamides is 1. The Bertz CT molecular complexity index is 537. The Morgan fingerprint density at radius 2 is 1.68 bits per heavy atom. The minimum Gasteiger partial charge on any atom is -0.480 e. The van der Waals surface area contributed by atoms with E-state index < -0.39 is 22.0 Å². The average molecular weight is 286 g/mol. The van der Waals surface area contributed by atoms with E-state index in [4.69, 9.17) is 5.11 Å². The fourth-order valence-electron chi connectivity index (χ4n) is 1.42. The second kappa shape index (κ2) is 6.03. The van der Waals surface area contributed by atoms with Crippen LogP contribution in [0.3, 0.4) is 0 Å². The molecule has 1 aromatic carbocycles. The zero-order valence-corrected chi connectivity index (χ0v) is 11.9. The molecule has 0 aromatic heterocycles. The maximum absolute atomic E-state index is 11.9. The van der Waals surface area contributed by atoms with E-state index in [-0.39, 0.29) is 10.9 Å². The number of benzene rings is 1. The minimum absolute atomic E-state index is 0.148. The van der Waals surface area contributed by atoms with Crippen molar-refractivity contribution in [1.29, 1.82) is 0 Å². The molecule has 3 N–H and O–H groups in total. The molecule has 0 fully saturated rings. The fraction of sp³-hybridized carbons (Fsp3) is 0.417. The molecular formula is C12H18N2O4S. The Labute approximate surface area is 112 Å². The van der Waals surface area contributed by atoms with Gasteiger partial charge in [0.25, 0.3) is 0 Å². The number of carboxylic acids is 1. The van der Waals surface area contributed by atoms with Gasteiger partial charge in [0.15, 0.2) is 0 Å². The van der Waals surface area contributed by atoms with Gasteiger partial charge < -0.3 is 10.4 Å². The molecule has 0 heterocycles.